The van der Waals surface area contributed by atoms with Crippen LogP contribution in [0.15, 0.2) is 390 Å². The number of amides is 2. The number of ketones is 1. The van der Waals surface area contributed by atoms with E-state index in [4.69, 9.17) is 42.1 Å². The molecule has 2 amide bonds. The number of aromatic nitrogens is 12. The second-order valence-electron chi connectivity index (χ2n) is 26.7. The molecular weight excluding hydrogens is 1840 g/mol. The van der Waals surface area contributed by atoms with Crippen LogP contribution in [0.2, 0.25) is 10.2 Å². The minimum absolute atomic E-state index is 0.00843. The number of anilines is 1. The van der Waals surface area contributed by atoms with Crippen molar-refractivity contribution in [1.29, 1.82) is 0 Å². The highest BCUT2D eigenvalue weighted by Crippen LogP contribution is 2.37. The summed E-state index contributed by atoms with van der Waals surface area (Å²) in [6.45, 7) is 6.36. The van der Waals surface area contributed by atoms with Gasteiger partial charge in [-0.25, -0.2) is 14.5 Å². The van der Waals surface area contributed by atoms with Crippen molar-refractivity contribution in [2.24, 2.45) is 0 Å². The van der Waals surface area contributed by atoms with Crippen LogP contribution in [0.4, 0.5) is 15.3 Å². The summed E-state index contributed by atoms with van der Waals surface area (Å²) < 4.78 is 29.4. The number of ether oxygens (including phenoxy) is 4. The van der Waals surface area contributed by atoms with Crippen molar-refractivity contribution in [3.05, 3.63) is 405 Å². The van der Waals surface area contributed by atoms with Crippen molar-refractivity contribution in [2.75, 3.05) is 74.8 Å². The number of nitrogens with zero attached hydrogens (tertiary/aromatic N) is 14. The highest BCUT2D eigenvalue weighted by Gasteiger charge is 2.25. The summed E-state index contributed by atoms with van der Waals surface area (Å²) in [5.41, 5.74) is 4.59. The summed E-state index contributed by atoms with van der Waals surface area (Å²) in [4.78, 5) is 118. The van der Waals surface area contributed by atoms with E-state index < -0.39 is 17.7 Å². The zero-order valence-electron chi connectivity index (χ0n) is 69.1. The topological polar surface area (TPSA) is 304 Å². The molecule has 1 saturated heterocycles. The first-order chi connectivity index (χ1) is 62.9. The molecule has 27 nitrogen and oxygen atoms in total. The molecule has 0 N–H and O–H groups in total. The van der Waals surface area contributed by atoms with Crippen molar-refractivity contribution in [1.82, 2.24) is 63.6 Å². The minimum Gasteiger partial charge on any atom is -0.490 e. The van der Waals surface area contributed by atoms with Gasteiger partial charge in [0.1, 0.15) is 22.5 Å². The number of benzene rings is 9. The van der Waals surface area contributed by atoms with Gasteiger partial charge in [0, 0.05) is 67.5 Å². The van der Waals surface area contributed by atoms with Crippen LogP contribution in [0.25, 0.3) is 34.1 Å². The molecule has 129 heavy (non-hydrogen) atoms. The molecular formula is C94H81BrCl2N14O13S5. The second kappa shape index (κ2) is 49.4. The zero-order valence-corrected chi connectivity index (χ0v) is 76.3. The van der Waals surface area contributed by atoms with E-state index in [-0.39, 0.29) is 76.5 Å². The Labute approximate surface area is 779 Å². The Morgan fingerprint density at radius 3 is 1.39 bits per heavy atom. The second-order valence-corrected chi connectivity index (χ2v) is 33.9. The van der Waals surface area contributed by atoms with Gasteiger partial charge in [0.25, 0.3) is 33.4 Å². The van der Waals surface area contributed by atoms with Crippen molar-refractivity contribution in [3.8, 4) is 39.9 Å². The summed E-state index contributed by atoms with van der Waals surface area (Å²) in [5, 5.41) is 25.4. The smallest absolute Gasteiger partial charge is 0.419 e. The maximum Gasteiger partial charge on any atom is 0.419 e. The van der Waals surface area contributed by atoms with Gasteiger partial charge in [-0.2, -0.15) is 58.7 Å². The maximum absolute atomic E-state index is 13.3. The number of morpholine rings is 1. The van der Waals surface area contributed by atoms with Gasteiger partial charge < -0.3 is 23.8 Å². The van der Waals surface area contributed by atoms with Crippen molar-refractivity contribution >= 4 is 122 Å². The SMILES string of the molecule is CCOC(=O)N(CCOc1cnn(-c2ccccc2)c(=O)c1)C(=O)OCC.O=C(CSc1cnn(-c2ccccc2)c(=O)c1Cl)c1ccc(Br)cc1.O=c1c(Sc2ccccc2)c(Sc2ccccc2)cnn1-c1ccccc1.O=c1c2c(cnn1-c1ccccc1)SCCS2.O=c1cc(N2CCOCC2)cnn1-c1ccccc1.O=c1ccc(Cl)nn1-c1ccccc1. The fraction of sp³-hybridized carbons (Fsp3) is 0.138. The van der Waals surface area contributed by atoms with Crippen molar-refractivity contribution in [2.45, 2.75) is 48.1 Å². The van der Waals surface area contributed by atoms with Crippen LogP contribution < -0.4 is 43.0 Å². The Morgan fingerprint density at radius 2 is 0.884 bits per heavy atom. The first-order valence-electron chi connectivity index (χ1n) is 39.9. The maximum atomic E-state index is 13.3. The number of thioether (sulfide) groups is 3. The third kappa shape index (κ3) is 27.5. The molecule has 8 heterocycles. The van der Waals surface area contributed by atoms with Gasteiger partial charge in [-0.15, -0.1) is 35.3 Å². The van der Waals surface area contributed by atoms with Gasteiger partial charge in [-0.05, 0) is 129 Å². The molecule has 17 rings (SSSR count). The van der Waals surface area contributed by atoms with E-state index in [1.807, 2.05) is 206 Å². The van der Waals surface area contributed by atoms with Gasteiger partial charge in [-0.3, -0.25) is 33.6 Å². The molecule has 0 saturated carbocycles. The molecule has 0 unspecified atom stereocenters. The number of imide groups is 1. The van der Waals surface area contributed by atoms with Gasteiger partial charge in [0.2, 0.25) is 0 Å². The number of fused-ring (bicyclic) bond motifs is 1. The third-order valence-corrected chi connectivity index (χ3v) is 25.0. The number of hydrogen-bond acceptors (Lipinski definition) is 25. The van der Waals surface area contributed by atoms with E-state index in [9.17, 15) is 43.2 Å². The van der Waals surface area contributed by atoms with Crippen LogP contribution in [0, 0.1) is 0 Å². The molecule has 2 aliphatic heterocycles. The highest BCUT2D eigenvalue weighted by molar-refractivity contribution is 9.10. The van der Waals surface area contributed by atoms with E-state index in [2.05, 4.69) is 51.4 Å². The van der Waals surface area contributed by atoms with E-state index in [0.717, 1.165) is 81.2 Å². The van der Waals surface area contributed by atoms with Gasteiger partial charge >= 0.3 is 12.2 Å². The van der Waals surface area contributed by atoms with E-state index in [0.29, 0.717) is 50.8 Å². The molecule has 35 heteroatoms. The number of carbonyl (C=O) groups excluding carboxylic acids is 3. The van der Waals surface area contributed by atoms with E-state index in [1.165, 1.54) is 82.2 Å². The Balaban J connectivity index is 0.000000142. The Morgan fingerprint density at radius 1 is 0.450 bits per heavy atom. The largest absolute Gasteiger partial charge is 0.490 e. The van der Waals surface area contributed by atoms with Crippen LogP contribution in [0.5, 0.6) is 5.75 Å². The van der Waals surface area contributed by atoms with Crippen molar-refractivity contribution < 1.29 is 33.3 Å². The van der Waals surface area contributed by atoms with Crippen LogP contribution in [0.1, 0.15) is 24.2 Å². The first-order valence-corrected chi connectivity index (χ1v) is 46.0. The molecule has 0 radical (unpaired) electrons. The summed E-state index contributed by atoms with van der Waals surface area (Å²) >= 11 is 22.8. The Bertz CT molecular complexity index is 6580. The summed E-state index contributed by atoms with van der Waals surface area (Å²) in [5.74, 6) is 2.40. The highest BCUT2D eigenvalue weighted by atomic mass is 79.9. The third-order valence-electron chi connectivity index (χ3n) is 18.0. The monoisotopic (exact) mass is 1920 g/mol. The number of para-hydroxylation sites is 6. The predicted molar refractivity (Wildman–Crippen MR) is 510 cm³/mol. The summed E-state index contributed by atoms with van der Waals surface area (Å²) in [6.07, 6.45) is 6.55. The number of halogens is 3. The van der Waals surface area contributed by atoms with Crippen molar-refractivity contribution in [3.63, 3.8) is 0 Å². The lowest BCUT2D eigenvalue weighted by Crippen LogP contribution is -2.40. The molecule has 2 aliphatic rings. The first kappa shape index (κ1) is 95.2. The molecule has 1 fully saturated rings. The lowest BCUT2D eigenvalue weighted by Gasteiger charge is -2.28. The minimum atomic E-state index is -0.822. The zero-order chi connectivity index (χ0) is 90.6. The Hall–Kier alpha value is -13.0. The standard InChI is InChI=1S/C22H16N2OS2.C18H12BrClN2O2S.C18H21N3O6.C14H15N3O2.C12H10N2OS2.C10H7ClN2O/c25-22-21(27-19-14-8-3-9-15-19)20(26-18-12-6-2-7-13-18)16-23-24(22)17-10-4-1-5-11-17;19-13-8-6-12(7-9-13)15(23)11-25-16-10-21-22(18(24)17(16)20)14-4-2-1-3-5-14;1-3-25-17(23)20(18(24)26-4-2)10-11-27-15-12-16(22)21(19-13-15)14-8-6-5-7-9-14;18-14-10-13(16-6-8-19-9-7-16)11-15-17(14)12-4-2-1-3-5-12;15-12-11-10(16-6-7-17-11)8-13-14(12)9-4-2-1-3-5-9;11-9-6-7-10(14)13(12-9)8-4-2-1-3-5-8/h1-16H;1-10H,11H2;5-9,12-13H,3-4,10-11H2,1-2H3;1-5,10-11H,6-9H2;1-5,8H,6-7H2;1-7H. The number of carbonyl (C=O) groups is 3. The van der Waals surface area contributed by atoms with Crippen LogP contribution in [-0.2, 0) is 14.2 Å². The predicted octanol–water partition coefficient (Wildman–Crippen LogP) is 17.8. The molecule has 15 aromatic rings. The molecule has 9 aromatic carbocycles. The quantitative estimate of drug-likeness (QED) is 0.0477. The lowest BCUT2D eigenvalue weighted by atomic mass is 10.2. The lowest BCUT2D eigenvalue weighted by molar-refractivity contribution is 0.0762. The van der Waals surface area contributed by atoms with Crippen LogP contribution in [-0.4, -0.2) is 151 Å². The van der Waals surface area contributed by atoms with Gasteiger partial charge in [0.15, 0.2) is 5.78 Å². The molecule has 656 valence electrons. The van der Waals surface area contributed by atoms with Crippen LogP contribution in [0.3, 0.4) is 0 Å². The van der Waals surface area contributed by atoms with Gasteiger partial charge in [0.05, 0.1) is 129 Å². The number of Topliss-reactive ketones (excluding diaryl/α,β-unsaturated/α-hetero) is 1. The number of hydrogen-bond donors (Lipinski definition) is 0. The average molecular weight is 1930 g/mol. The molecule has 0 spiro atoms. The van der Waals surface area contributed by atoms with E-state index >= 15 is 0 Å². The molecule has 0 aliphatic carbocycles. The fourth-order valence-electron chi connectivity index (χ4n) is 11.9. The molecule has 0 atom stereocenters. The molecule has 0 bridgehead atoms. The summed E-state index contributed by atoms with van der Waals surface area (Å²) in [6, 6.07) is 88.4. The molecule has 6 aromatic heterocycles. The normalized spacial score (nSPS) is 11.7. The van der Waals surface area contributed by atoms with Crippen LogP contribution >= 0.6 is 97.9 Å². The van der Waals surface area contributed by atoms with E-state index in [1.54, 1.807) is 134 Å². The Kier molecular flexibility index (Phi) is 36.4. The average Bonchev–Trinajstić information content (AvgIpc) is 0.801. The number of rotatable bonds is 21. The summed E-state index contributed by atoms with van der Waals surface area (Å²) in [7, 11) is 0. The fourth-order valence-corrected chi connectivity index (χ4v) is 17.5. The van der Waals surface area contributed by atoms with Gasteiger partial charge in [-0.1, -0.05) is 220 Å².